The van der Waals surface area contributed by atoms with E-state index >= 15 is 0 Å². The Labute approximate surface area is 226 Å². The Kier molecular flexibility index (Phi) is 7.70. The first-order valence-corrected chi connectivity index (χ1v) is 14.2. The lowest BCUT2D eigenvalue weighted by Gasteiger charge is -2.24. The second-order valence-electron chi connectivity index (χ2n) is 7.40. The zero-order valence-electron chi connectivity index (χ0n) is 18.5. The van der Waals surface area contributed by atoms with Gasteiger partial charge in [-0.2, -0.15) is 0 Å². The summed E-state index contributed by atoms with van der Waals surface area (Å²) in [5, 5.41) is 10.5. The van der Waals surface area contributed by atoms with E-state index in [9.17, 15) is 14.7 Å². The van der Waals surface area contributed by atoms with E-state index in [0.29, 0.717) is 29.7 Å². The van der Waals surface area contributed by atoms with E-state index < -0.39 is 12.0 Å². The van der Waals surface area contributed by atoms with Gasteiger partial charge >= 0.3 is 5.97 Å². The lowest BCUT2D eigenvalue weighted by molar-refractivity contribution is -0.139. The van der Waals surface area contributed by atoms with Crippen molar-refractivity contribution in [3.63, 3.8) is 0 Å². The minimum Gasteiger partial charge on any atom is -0.506 e. The maximum atomic E-state index is 13.6. The van der Waals surface area contributed by atoms with Crippen molar-refractivity contribution in [1.29, 1.82) is 0 Å². The summed E-state index contributed by atoms with van der Waals surface area (Å²) in [4.78, 5) is 32.7. The molecule has 1 aliphatic heterocycles. The third-order valence-corrected chi connectivity index (χ3v) is 8.30. The number of phenols is 1. The molecule has 1 aromatic heterocycles. The summed E-state index contributed by atoms with van der Waals surface area (Å²) in [6.07, 6.45) is 3.65. The summed E-state index contributed by atoms with van der Waals surface area (Å²) >= 11 is 8.32. The fourth-order valence-corrected chi connectivity index (χ4v) is 6.73. The first-order valence-electron chi connectivity index (χ1n) is 10.3. The quantitative estimate of drug-likeness (QED) is 0.244. The van der Waals surface area contributed by atoms with Gasteiger partial charge in [-0.05, 0) is 78.6 Å². The van der Waals surface area contributed by atoms with E-state index in [1.165, 1.54) is 11.3 Å². The molecule has 2 aromatic carbocycles. The lowest BCUT2D eigenvalue weighted by atomic mass is 9.96. The van der Waals surface area contributed by atoms with Crippen LogP contribution in [0.15, 0.2) is 66.8 Å². The summed E-state index contributed by atoms with van der Waals surface area (Å²) in [6, 6.07) is 10.7. The number of hydrogen-bond acceptors (Lipinski definition) is 7. The van der Waals surface area contributed by atoms with E-state index in [4.69, 9.17) is 4.74 Å². The van der Waals surface area contributed by atoms with Crippen molar-refractivity contribution in [1.82, 2.24) is 4.57 Å². The largest absolute Gasteiger partial charge is 0.506 e. The number of thiazole rings is 1. The average Bonchev–Trinajstić information content (AvgIpc) is 3.10. The van der Waals surface area contributed by atoms with Gasteiger partial charge in [-0.3, -0.25) is 9.36 Å². The van der Waals surface area contributed by atoms with E-state index in [1.54, 1.807) is 48.4 Å². The fourth-order valence-electron chi connectivity index (χ4n) is 3.73. The Balaban J connectivity index is 1.97. The van der Waals surface area contributed by atoms with Crippen molar-refractivity contribution in [3.05, 3.63) is 86.5 Å². The number of nitrogens with zero attached hydrogens (tertiary/aromatic N) is 2. The van der Waals surface area contributed by atoms with E-state index in [2.05, 4.69) is 20.9 Å². The molecular formula is C24H20BrIN2O4S2. The van der Waals surface area contributed by atoms with Crippen LogP contribution >= 0.6 is 61.6 Å². The van der Waals surface area contributed by atoms with Gasteiger partial charge in [0.1, 0.15) is 5.75 Å². The zero-order chi connectivity index (χ0) is 24.6. The summed E-state index contributed by atoms with van der Waals surface area (Å²) in [5.41, 5.74) is 1.89. The van der Waals surface area contributed by atoms with Crippen LogP contribution in [0.1, 0.15) is 31.0 Å². The summed E-state index contributed by atoms with van der Waals surface area (Å²) in [5.74, 6) is -0.390. The van der Waals surface area contributed by atoms with E-state index in [-0.39, 0.29) is 17.9 Å². The highest BCUT2D eigenvalue weighted by Crippen LogP contribution is 2.32. The highest BCUT2D eigenvalue weighted by Gasteiger charge is 2.33. The van der Waals surface area contributed by atoms with Crippen LogP contribution in [-0.2, 0) is 9.53 Å². The molecule has 0 saturated carbocycles. The minimum absolute atomic E-state index is 0.0993. The number of halogens is 2. The fraction of sp³-hybridized carbons (Fsp3) is 0.208. The molecule has 0 aliphatic carbocycles. The van der Waals surface area contributed by atoms with Crippen LogP contribution in [0.3, 0.4) is 0 Å². The standard InChI is InChI=1S/C24H20BrIN2O4S2/c1-4-32-23(31)19-12(2)27-24-28(20(19)13-5-7-16(33-3)8-6-13)22(30)18(34-24)10-14-9-15(25)11-17(26)21(14)29/h5-11,20,29H,4H2,1-3H3/b18-10-/t20-/m0/s1. The van der Waals surface area contributed by atoms with Crippen LogP contribution in [0.2, 0.25) is 0 Å². The van der Waals surface area contributed by atoms with Crippen LogP contribution in [0.25, 0.3) is 6.08 Å². The predicted molar refractivity (Wildman–Crippen MR) is 147 cm³/mol. The summed E-state index contributed by atoms with van der Waals surface area (Å²) < 4.78 is 8.74. The van der Waals surface area contributed by atoms with Crippen LogP contribution in [0, 0.1) is 3.57 Å². The Morgan fingerprint density at radius 3 is 2.71 bits per heavy atom. The van der Waals surface area contributed by atoms with Crippen LogP contribution < -0.4 is 14.9 Å². The number of thioether (sulfide) groups is 1. The monoisotopic (exact) mass is 670 g/mol. The molecule has 34 heavy (non-hydrogen) atoms. The highest BCUT2D eigenvalue weighted by atomic mass is 127. The molecule has 0 fully saturated rings. The molecule has 0 unspecified atom stereocenters. The zero-order valence-corrected chi connectivity index (χ0v) is 23.8. The van der Waals surface area contributed by atoms with Crippen LogP contribution in [0.5, 0.6) is 5.75 Å². The SMILES string of the molecule is CCOC(=O)C1=C(C)N=c2s/c(=C\c3cc(Br)cc(I)c3O)c(=O)n2[C@H]1c1ccc(SC)cc1. The number of phenolic OH excluding ortho intramolecular Hbond substituents is 1. The Morgan fingerprint density at radius 2 is 2.06 bits per heavy atom. The minimum atomic E-state index is -0.662. The molecule has 10 heteroatoms. The van der Waals surface area contributed by atoms with Gasteiger partial charge in [0, 0.05) is 14.9 Å². The van der Waals surface area contributed by atoms with Crippen molar-refractivity contribution in [2.24, 2.45) is 4.99 Å². The second kappa shape index (κ2) is 10.4. The summed E-state index contributed by atoms with van der Waals surface area (Å²) in [6.45, 7) is 3.73. The topological polar surface area (TPSA) is 80.9 Å². The molecule has 0 spiro atoms. The van der Waals surface area contributed by atoms with E-state index in [0.717, 1.165) is 14.9 Å². The molecule has 1 N–H and O–H groups in total. The number of aromatic nitrogens is 1. The predicted octanol–water partition coefficient (Wildman–Crippen LogP) is 4.59. The van der Waals surface area contributed by atoms with Gasteiger partial charge < -0.3 is 9.84 Å². The Morgan fingerprint density at radius 1 is 1.35 bits per heavy atom. The molecule has 1 aliphatic rings. The maximum Gasteiger partial charge on any atom is 0.338 e. The third kappa shape index (κ3) is 4.77. The number of hydrogen-bond donors (Lipinski definition) is 1. The van der Waals surface area contributed by atoms with Crippen LogP contribution in [0.4, 0.5) is 0 Å². The Bertz CT molecular complexity index is 1490. The van der Waals surface area contributed by atoms with Crippen molar-refractivity contribution in [2.75, 3.05) is 12.9 Å². The Hall–Kier alpha value is -1.89. The van der Waals surface area contributed by atoms with Crippen molar-refractivity contribution >= 4 is 73.7 Å². The molecule has 6 nitrogen and oxygen atoms in total. The van der Waals surface area contributed by atoms with E-state index in [1.807, 2.05) is 53.1 Å². The normalized spacial score (nSPS) is 15.8. The van der Waals surface area contributed by atoms with Gasteiger partial charge in [0.25, 0.3) is 5.56 Å². The number of aromatic hydroxyl groups is 1. The molecule has 4 rings (SSSR count). The molecule has 0 radical (unpaired) electrons. The lowest BCUT2D eigenvalue weighted by Crippen LogP contribution is -2.39. The molecule has 176 valence electrons. The van der Waals surface area contributed by atoms with Gasteiger partial charge in [0.2, 0.25) is 0 Å². The van der Waals surface area contributed by atoms with Crippen LogP contribution in [-0.4, -0.2) is 28.5 Å². The van der Waals surface area contributed by atoms with Gasteiger partial charge in [-0.1, -0.05) is 39.4 Å². The molecule has 2 heterocycles. The van der Waals surface area contributed by atoms with Gasteiger partial charge in [-0.25, -0.2) is 9.79 Å². The number of fused-ring (bicyclic) bond motifs is 1. The summed E-state index contributed by atoms with van der Waals surface area (Å²) in [7, 11) is 0. The highest BCUT2D eigenvalue weighted by molar-refractivity contribution is 14.1. The molecule has 0 amide bonds. The van der Waals surface area contributed by atoms with Gasteiger partial charge in [-0.15, -0.1) is 11.8 Å². The van der Waals surface area contributed by atoms with Gasteiger partial charge in [0.05, 0.1) is 32.0 Å². The maximum absolute atomic E-state index is 13.6. The molecule has 0 saturated heterocycles. The average molecular weight is 671 g/mol. The number of rotatable bonds is 5. The molecular weight excluding hydrogens is 651 g/mol. The number of esters is 1. The number of carbonyl (C=O) groups excluding carboxylic acids is 1. The first-order chi connectivity index (χ1) is 16.2. The number of carbonyl (C=O) groups is 1. The van der Waals surface area contributed by atoms with Crippen molar-refractivity contribution < 1.29 is 14.6 Å². The van der Waals surface area contributed by atoms with Gasteiger partial charge in [0.15, 0.2) is 4.80 Å². The first kappa shape index (κ1) is 25.2. The van der Waals surface area contributed by atoms with Crippen molar-refractivity contribution in [2.45, 2.75) is 24.8 Å². The van der Waals surface area contributed by atoms with Crippen molar-refractivity contribution in [3.8, 4) is 5.75 Å². The second-order valence-corrected chi connectivity index (χ2v) is 11.4. The number of ether oxygens (including phenoxy) is 1. The smallest absolute Gasteiger partial charge is 0.338 e. The third-order valence-electron chi connectivity index (χ3n) is 5.29. The number of benzene rings is 2. The number of allylic oxidation sites excluding steroid dienone is 1. The molecule has 0 bridgehead atoms. The molecule has 1 atom stereocenters. The molecule has 3 aromatic rings.